The van der Waals surface area contributed by atoms with E-state index in [9.17, 15) is 13.2 Å². The molecule has 0 aliphatic carbocycles. The summed E-state index contributed by atoms with van der Waals surface area (Å²) in [5.74, 6) is 0. The summed E-state index contributed by atoms with van der Waals surface area (Å²) < 4.78 is 37.1. The first-order chi connectivity index (χ1) is 7.83. The van der Waals surface area contributed by atoms with Gasteiger partial charge < -0.3 is 10.8 Å². The van der Waals surface area contributed by atoms with Crippen molar-refractivity contribution < 1.29 is 18.3 Å². The van der Waals surface area contributed by atoms with E-state index in [1.165, 1.54) is 12.1 Å². The SMILES string of the molecule is CC(CN)(CCO)c1ccc(C(F)(F)F)cc1. The lowest BCUT2D eigenvalue weighted by molar-refractivity contribution is -0.137. The second kappa shape index (κ2) is 5.06. The Bertz CT molecular complexity index is 361. The molecule has 0 aromatic heterocycles. The van der Waals surface area contributed by atoms with Crippen molar-refractivity contribution in [2.24, 2.45) is 5.73 Å². The van der Waals surface area contributed by atoms with Gasteiger partial charge in [-0.15, -0.1) is 0 Å². The number of aliphatic hydroxyl groups excluding tert-OH is 1. The van der Waals surface area contributed by atoms with Crippen LogP contribution in [0.5, 0.6) is 0 Å². The fraction of sp³-hybridized carbons (Fsp3) is 0.500. The third-order valence-corrected chi connectivity index (χ3v) is 3.02. The van der Waals surface area contributed by atoms with Crippen LogP contribution >= 0.6 is 0 Å². The maximum Gasteiger partial charge on any atom is 0.416 e. The molecule has 5 heteroatoms. The van der Waals surface area contributed by atoms with Gasteiger partial charge in [-0.25, -0.2) is 0 Å². The minimum Gasteiger partial charge on any atom is -0.396 e. The average Bonchev–Trinajstić information content (AvgIpc) is 2.28. The molecular formula is C12H16F3NO. The molecule has 0 saturated heterocycles. The van der Waals surface area contributed by atoms with Gasteiger partial charge in [0, 0.05) is 18.6 Å². The van der Waals surface area contributed by atoms with Crippen molar-refractivity contribution in [3.63, 3.8) is 0 Å². The molecule has 0 aliphatic rings. The van der Waals surface area contributed by atoms with E-state index < -0.39 is 17.2 Å². The molecule has 0 radical (unpaired) electrons. The predicted molar refractivity (Wildman–Crippen MR) is 59.6 cm³/mol. The molecule has 17 heavy (non-hydrogen) atoms. The van der Waals surface area contributed by atoms with E-state index in [2.05, 4.69) is 0 Å². The van der Waals surface area contributed by atoms with Gasteiger partial charge in [0.2, 0.25) is 0 Å². The lowest BCUT2D eigenvalue weighted by Gasteiger charge is -2.28. The van der Waals surface area contributed by atoms with Gasteiger partial charge in [0.05, 0.1) is 5.56 Å². The van der Waals surface area contributed by atoms with Gasteiger partial charge in [-0.2, -0.15) is 13.2 Å². The van der Waals surface area contributed by atoms with Crippen LogP contribution in [0.25, 0.3) is 0 Å². The van der Waals surface area contributed by atoms with Gasteiger partial charge in [0.15, 0.2) is 0 Å². The molecule has 1 rings (SSSR count). The fourth-order valence-corrected chi connectivity index (χ4v) is 1.67. The molecular weight excluding hydrogens is 231 g/mol. The van der Waals surface area contributed by atoms with E-state index in [1.807, 2.05) is 6.92 Å². The number of benzene rings is 1. The highest BCUT2D eigenvalue weighted by molar-refractivity contribution is 5.30. The summed E-state index contributed by atoms with van der Waals surface area (Å²) in [6, 6.07) is 4.93. The molecule has 0 fully saturated rings. The highest BCUT2D eigenvalue weighted by Gasteiger charge is 2.31. The summed E-state index contributed by atoms with van der Waals surface area (Å²) in [5.41, 5.74) is 5.16. The molecule has 0 aliphatic heterocycles. The van der Waals surface area contributed by atoms with Crippen molar-refractivity contribution in [3.8, 4) is 0 Å². The number of hydrogen-bond donors (Lipinski definition) is 2. The average molecular weight is 247 g/mol. The first-order valence-corrected chi connectivity index (χ1v) is 5.32. The molecule has 1 unspecified atom stereocenters. The van der Waals surface area contributed by atoms with E-state index in [1.54, 1.807) is 0 Å². The smallest absolute Gasteiger partial charge is 0.396 e. The van der Waals surface area contributed by atoms with Crippen LogP contribution in [0.3, 0.4) is 0 Å². The minimum absolute atomic E-state index is 0.0469. The quantitative estimate of drug-likeness (QED) is 0.857. The van der Waals surface area contributed by atoms with Crippen LogP contribution in [-0.2, 0) is 11.6 Å². The van der Waals surface area contributed by atoms with Crippen LogP contribution in [-0.4, -0.2) is 18.3 Å². The topological polar surface area (TPSA) is 46.2 Å². The molecule has 0 amide bonds. The molecule has 1 aromatic carbocycles. The Labute approximate surface area is 98.3 Å². The highest BCUT2D eigenvalue weighted by atomic mass is 19.4. The summed E-state index contributed by atoms with van der Waals surface area (Å²) in [5, 5.41) is 8.94. The summed E-state index contributed by atoms with van der Waals surface area (Å²) in [7, 11) is 0. The first kappa shape index (κ1) is 14.0. The number of aliphatic hydroxyl groups is 1. The Balaban J connectivity index is 3.01. The van der Waals surface area contributed by atoms with E-state index >= 15 is 0 Å². The highest BCUT2D eigenvalue weighted by Crippen LogP contribution is 2.32. The van der Waals surface area contributed by atoms with Crippen LogP contribution < -0.4 is 5.73 Å². The van der Waals surface area contributed by atoms with Gasteiger partial charge >= 0.3 is 6.18 Å². The van der Waals surface area contributed by atoms with E-state index in [4.69, 9.17) is 10.8 Å². The second-order valence-electron chi connectivity index (χ2n) is 4.31. The molecule has 96 valence electrons. The molecule has 0 saturated carbocycles. The molecule has 1 aromatic rings. The second-order valence-corrected chi connectivity index (χ2v) is 4.31. The van der Waals surface area contributed by atoms with Crippen LogP contribution in [0.2, 0.25) is 0 Å². The van der Waals surface area contributed by atoms with Crippen LogP contribution in [0.4, 0.5) is 13.2 Å². The molecule has 2 nitrogen and oxygen atoms in total. The maximum atomic E-state index is 12.4. The van der Waals surface area contributed by atoms with Crippen LogP contribution in [0.15, 0.2) is 24.3 Å². The zero-order valence-electron chi connectivity index (χ0n) is 9.59. The summed E-state index contributed by atoms with van der Waals surface area (Å²) in [4.78, 5) is 0. The van der Waals surface area contributed by atoms with E-state index in [-0.39, 0.29) is 13.2 Å². The Morgan fingerprint density at radius 1 is 1.12 bits per heavy atom. The Morgan fingerprint density at radius 3 is 1.94 bits per heavy atom. The predicted octanol–water partition coefficient (Wildman–Crippen LogP) is 2.30. The van der Waals surface area contributed by atoms with E-state index in [0.29, 0.717) is 12.0 Å². The standard InChI is InChI=1S/C12H16F3NO/c1-11(8-16,6-7-17)9-2-4-10(5-3-9)12(13,14)15/h2-5,17H,6-8,16H2,1H3. The largest absolute Gasteiger partial charge is 0.416 e. The van der Waals surface area contributed by atoms with Gasteiger partial charge in [-0.3, -0.25) is 0 Å². The normalized spacial score (nSPS) is 15.6. The number of alkyl halides is 3. The maximum absolute atomic E-state index is 12.4. The van der Waals surface area contributed by atoms with Gasteiger partial charge in [0.25, 0.3) is 0 Å². The number of hydrogen-bond acceptors (Lipinski definition) is 2. The third-order valence-electron chi connectivity index (χ3n) is 3.02. The fourth-order valence-electron chi connectivity index (χ4n) is 1.67. The van der Waals surface area contributed by atoms with Crippen molar-refractivity contribution >= 4 is 0 Å². The third kappa shape index (κ3) is 3.20. The van der Waals surface area contributed by atoms with E-state index in [0.717, 1.165) is 12.1 Å². The molecule has 0 bridgehead atoms. The van der Waals surface area contributed by atoms with Gasteiger partial charge in [-0.05, 0) is 24.1 Å². The van der Waals surface area contributed by atoms with Crippen molar-refractivity contribution in [2.45, 2.75) is 24.9 Å². The van der Waals surface area contributed by atoms with Gasteiger partial charge in [-0.1, -0.05) is 19.1 Å². The Morgan fingerprint density at radius 2 is 1.59 bits per heavy atom. The zero-order chi connectivity index (χ0) is 13.1. The Kier molecular flexibility index (Phi) is 4.16. The summed E-state index contributed by atoms with van der Waals surface area (Å²) >= 11 is 0. The minimum atomic E-state index is -4.32. The Hall–Kier alpha value is -1.07. The van der Waals surface area contributed by atoms with Crippen molar-refractivity contribution in [3.05, 3.63) is 35.4 Å². The van der Waals surface area contributed by atoms with Crippen molar-refractivity contribution in [2.75, 3.05) is 13.2 Å². The first-order valence-electron chi connectivity index (χ1n) is 5.32. The lowest BCUT2D eigenvalue weighted by Crippen LogP contribution is -2.32. The van der Waals surface area contributed by atoms with Crippen molar-refractivity contribution in [1.29, 1.82) is 0 Å². The summed E-state index contributed by atoms with van der Waals surface area (Å²) in [6.45, 7) is 2.06. The monoisotopic (exact) mass is 247 g/mol. The lowest BCUT2D eigenvalue weighted by atomic mass is 9.79. The molecule has 0 heterocycles. The molecule has 1 atom stereocenters. The summed E-state index contributed by atoms with van der Waals surface area (Å²) in [6.07, 6.45) is -3.90. The number of rotatable bonds is 4. The van der Waals surface area contributed by atoms with Gasteiger partial charge in [0.1, 0.15) is 0 Å². The molecule has 0 spiro atoms. The van der Waals surface area contributed by atoms with Crippen LogP contribution in [0, 0.1) is 0 Å². The number of halogens is 3. The number of nitrogens with two attached hydrogens (primary N) is 1. The van der Waals surface area contributed by atoms with Crippen molar-refractivity contribution in [1.82, 2.24) is 0 Å². The molecule has 3 N–H and O–H groups in total. The zero-order valence-corrected chi connectivity index (χ0v) is 9.59. The van der Waals surface area contributed by atoms with Crippen LogP contribution in [0.1, 0.15) is 24.5 Å².